The first kappa shape index (κ1) is 16.7. The highest BCUT2D eigenvalue weighted by atomic mass is 32.1. The molecule has 0 amide bonds. The number of hydrogen-bond acceptors (Lipinski definition) is 5. The number of nitrogens with zero attached hydrogens (tertiary/aromatic N) is 4. The van der Waals surface area contributed by atoms with Crippen LogP contribution < -0.4 is 5.32 Å². The van der Waals surface area contributed by atoms with E-state index in [4.69, 9.17) is 0 Å². The smallest absolute Gasteiger partial charge is 0.361 e. The van der Waals surface area contributed by atoms with Crippen molar-refractivity contribution in [3.05, 3.63) is 40.3 Å². The summed E-state index contributed by atoms with van der Waals surface area (Å²) in [5, 5.41) is 15.9. The van der Waals surface area contributed by atoms with E-state index < -0.39 is 12.0 Å². The third-order valence-corrected chi connectivity index (χ3v) is 4.42. The molecule has 0 saturated carbocycles. The molecular weight excluding hydrogens is 339 g/mol. The Morgan fingerprint density at radius 3 is 2.62 bits per heavy atom. The Kier molecular flexibility index (Phi) is 4.44. The van der Waals surface area contributed by atoms with Crippen molar-refractivity contribution in [2.45, 2.75) is 32.5 Å². The molecule has 0 spiro atoms. The van der Waals surface area contributed by atoms with Gasteiger partial charge in [-0.15, -0.1) is 26.6 Å². The monoisotopic (exact) mass is 355 g/mol. The Morgan fingerprint density at radius 1 is 1.21 bits per heavy atom. The first-order valence-corrected chi connectivity index (χ1v) is 8.32. The van der Waals surface area contributed by atoms with Gasteiger partial charge in [0.2, 0.25) is 0 Å². The van der Waals surface area contributed by atoms with E-state index in [0.717, 1.165) is 15.8 Å². The molecule has 3 aromatic rings. The Bertz CT molecular complexity index is 810. The van der Waals surface area contributed by atoms with Gasteiger partial charge in [-0.2, -0.15) is 17.7 Å². The van der Waals surface area contributed by atoms with E-state index in [2.05, 4.69) is 34.5 Å². The summed E-state index contributed by atoms with van der Waals surface area (Å²) in [5.74, 6) is -0.349. The lowest BCUT2D eigenvalue weighted by Gasteiger charge is -2.20. The molecule has 3 heterocycles. The summed E-state index contributed by atoms with van der Waals surface area (Å²) in [4.78, 5) is 1.12. The fourth-order valence-corrected chi connectivity index (χ4v) is 3.22. The molecule has 0 saturated heterocycles. The van der Waals surface area contributed by atoms with Gasteiger partial charge in [0.15, 0.2) is 5.65 Å². The first-order valence-electron chi connectivity index (χ1n) is 7.44. The van der Waals surface area contributed by atoms with Crippen molar-refractivity contribution >= 4 is 22.8 Å². The van der Waals surface area contributed by atoms with Crippen LogP contribution in [0, 0.1) is 5.92 Å². The van der Waals surface area contributed by atoms with E-state index in [9.17, 15) is 13.2 Å². The van der Waals surface area contributed by atoms with Crippen molar-refractivity contribution in [1.82, 2.24) is 19.8 Å². The molecule has 3 rings (SSSR count). The minimum atomic E-state index is -4.60. The van der Waals surface area contributed by atoms with Gasteiger partial charge < -0.3 is 5.32 Å². The number of halogens is 3. The largest absolute Gasteiger partial charge is 0.453 e. The zero-order valence-electron chi connectivity index (χ0n) is 13.1. The number of alkyl halides is 3. The van der Waals surface area contributed by atoms with E-state index in [1.807, 2.05) is 17.5 Å². The van der Waals surface area contributed by atoms with Crippen LogP contribution in [0.1, 0.15) is 37.0 Å². The molecule has 0 aliphatic carbocycles. The van der Waals surface area contributed by atoms with Crippen LogP contribution in [-0.4, -0.2) is 19.8 Å². The van der Waals surface area contributed by atoms with Gasteiger partial charge in [-0.05, 0) is 35.9 Å². The van der Waals surface area contributed by atoms with Crippen molar-refractivity contribution in [2.24, 2.45) is 5.92 Å². The van der Waals surface area contributed by atoms with Gasteiger partial charge in [-0.25, -0.2) is 0 Å². The third-order valence-electron chi connectivity index (χ3n) is 3.43. The van der Waals surface area contributed by atoms with Gasteiger partial charge >= 0.3 is 6.18 Å². The number of anilines is 1. The topological polar surface area (TPSA) is 55.1 Å². The Balaban J connectivity index is 1.93. The van der Waals surface area contributed by atoms with Crippen LogP contribution in [0.3, 0.4) is 0 Å². The average molecular weight is 355 g/mol. The second-order valence-corrected chi connectivity index (χ2v) is 6.83. The van der Waals surface area contributed by atoms with Crippen molar-refractivity contribution < 1.29 is 13.2 Å². The highest BCUT2D eigenvalue weighted by Crippen LogP contribution is 2.30. The number of fused-ring (bicyclic) bond motifs is 1. The average Bonchev–Trinajstić information content (AvgIpc) is 3.14. The van der Waals surface area contributed by atoms with Gasteiger partial charge in [0.25, 0.3) is 5.82 Å². The van der Waals surface area contributed by atoms with E-state index in [-0.39, 0.29) is 11.7 Å². The van der Waals surface area contributed by atoms with Gasteiger partial charge in [0.1, 0.15) is 5.82 Å². The Labute approximate surface area is 140 Å². The lowest BCUT2D eigenvalue weighted by Crippen LogP contribution is -2.16. The maximum atomic E-state index is 13.0. The fourth-order valence-electron chi connectivity index (χ4n) is 2.43. The summed E-state index contributed by atoms with van der Waals surface area (Å²) in [6.45, 7) is 4.20. The summed E-state index contributed by atoms with van der Waals surface area (Å²) in [6, 6.07) is 7.03. The SMILES string of the molecule is CC(C)CC(Nc1ccc2nnc(C(F)(F)F)n2n1)c1cccs1. The molecule has 1 atom stereocenters. The van der Waals surface area contributed by atoms with Crippen LogP contribution >= 0.6 is 11.3 Å². The molecule has 0 bridgehead atoms. The number of aromatic nitrogens is 4. The van der Waals surface area contributed by atoms with E-state index in [1.54, 1.807) is 17.4 Å². The standard InChI is InChI=1S/C15H16F3N5S/c1-9(2)8-10(11-4-3-7-24-11)19-12-5-6-13-20-21-14(15(16,17)18)23(13)22-12/h3-7,9-10H,8H2,1-2H3,(H,19,22). The van der Waals surface area contributed by atoms with Crippen LogP contribution in [-0.2, 0) is 6.18 Å². The van der Waals surface area contributed by atoms with E-state index in [1.165, 1.54) is 6.07 Å². The lowest BCUT2D eigenvalue weighted by atomic mass is 10.0. The number of thiophene rings is 1. The molecule has 3 aromatic heterocycles. The highest BCUT2D eigenvalue weighted by molar-refractivity contribution is 7.10. The van der Waals surface area contributed by atoms with Crippen LogP contribution in [0.5, 0.6) is 0 Å². The number of nitrogens with one attached hydrogen (secondary N) is 1. The van der Waals surface area contributed by atoms with Crippen molar-refractivity contribution in [1.29, 1.82) is 0 Å². The number of hydrogen-bond donors (Lipinski definition) is 1. The van der Waals surface area contributed by atoms with E-state index >= 15 is 0 Å². The first-order chi connectivity index (χ1) is 11.3. The molecule has 5 nitrogen and oxygen atoms in total. The maximum Gasteiger partial charge on any atom is 0.453 e. The lowest BCUT2D eigenvalue weighted by molar-refractivity contribution is -0.146. The van der Waals surface area contributed by atoms with Crippen molar-refractivity contribution in [2.75, 3.05) is 5.32 Å². The third kappa shape index (κ3) is 3.50. The Morgan fingerprint density at radius 2 is 2.00 bits per heavy atom. The number of rotatable bonds is 5. The molecular formula is C15H16F3N5S. The molecule has 0 radical (unpaired) electrons. The van der Waals surface area contributed by atoms with Crippen LogP contribution in [0.4, 0.5) is 19.0 Å². The molecule has 128 valence electrons. The summed E-state index contributed by atoms with van der Waals surface area (Å²) in [7, 11) is 0. The fraction of sp³-hybridized carbons (Fsp3) is 0.400. The normalized spacial score (nSPS) is 13.6. The second-order valence-electron chi connectivity index (χ2n) is 5.85. The summed E-state index contributed by atoms with van der Waals surface area (Å²) in [5.41, 5.74) is 0.0596. The van der Waals surface area contributed by atoms with Crippen LogP contribution in [0.25, 0.3) is 5.65 Å². The highest BCUT2D eigenvalue weighted by Gasteiger charge is 2.37. The van der Waals surface area contributed by atoms with E-state index in [0.29, 0.717) is 11.7 Å². The summed E-state index contributed by atoms with van der Waals surface area (Å²) in [6.07, 6.45) is -3.76. The molecule has 9 heteroatoms. The van der Waals surface area contributed by atoms with Gasteiger partial charge in [0, 0.05) is 4.88 Å². The molecule has 1 unspecified atom stereocenters. The van der Waals surface area contributed by atoms with Crippen LogP contribution in [0.15, 0.2) is 29.6 Å². The molecule has 24 heavy (non-hydrogen) atoms. The summed E-state index contributed by atoms with van der Waals surface area (Å²) < 4.78 is 39.6. The molecule has 1 N–H and O–H groups in total. The second kappa shape index (κ2) is 6.39. The van der Waals surface area contributed by atoms with Gasteiger partial charge in [-0.3, -0.25) is 0 Å². The summed E-state index contributed by atoms with van der Waals surface area (Å²) >= 11 is 1.60. The Hall–Kier alpha value is -2.16. The predicted molar refractivity (Wildman–Crippen MR) is 85.9 cm³/mol. The molecule has 0 aromatic carbocycles. The minimum Gasteiger partial charge on any atom is -0.361 e. The van der Waals surface area contributed by atoms with Gasteiger partial charge in [-0.1, -0.05) is 19.9 Å². The molecule has 0 fully saturated rings. The zero-order chi connectivity index (χ0) is 17.3. The maximum absolute atomic E-state index is 13.0. The molecule has 0 aliphatic rings. The minimum absolute atomic E-state index is 0.0132. The van der Waals surface area contributed by atoms with Gasteiger partial charge in [0.05, 0.1) is 6.04 Å². The van der Waals surface area contributed by atoms with Crippen LogP contribution in [0.2, 0.25) is 0 Å². The van der Waals surface area contributed by atoms with Crippen molar-refractivity contribution in [3.63, 3.8) is 0 Å². The quantitative estimate of drug-likeness (QED) is 0.737. The van der Waals surface area contributed by atoms with Crippen molar-refractivity contribution in [3.8, 4) is 0 Å². The molecule has 0 aliphatic heterocycles. The zero-order valence-corrected chi connectivity index (χ0v) is 13.9. The predicted octanol–water partition coefficient (Wildman–Crippen LogP) is 4.40.